The first-order valence-electron chi connectivity index (χ1n) is 10.3. The standard InChI is InChI=1S/C28H18BrOP/c29-25-17-13-19-12-16-24-26(18-14-20-11-15-23(25)27(19)28(20)24)31(30,21-7-3-1-4-8-21)22-9-5-2-6-10-22/h1-18H. The van der Waals surface area contributed by atoms with Crippen LogP contribution in [0.5, 0.6) is 0 Å². The zero-order chi connectivity index (χ0) is 21.0. The maximum absolute atomic E-state index is 15.0. The van der Waals surface area contributed by atoms with E-state index >= 15 is 4.57 Å². The second kappa shape index (κ2) is 7.05. The average molecular weight is 481 g/mol. The molecule has 3 heteroatoms. The summed E-state index contributed by atoms with van der Waals surface area (Å²) in [6, 6.07) is 36.8. The Kier molecular flexibility index (Phi) is 4.28. The van der Waals surface area contributed by atoms with Crippen LogP contribution in [-0.2, 0) is 4.57 Å². The third-order valence-corrected chi connectivity index (χ3v) is 9.98. The maximum Gasteiger partial charge on any atom is 0.171 e. The Balaban J connectivity index is 1.79. The van der Waals surface area contributed by atoms with E-state index in [0.29, 0.717) is 0 Å². The minimum atomic E-state index is -3.06. The van der Waals surface area contributed by atoms with Crippen molar-refractivity contribution in [3.8, 4) is 0 Å². The Morgan fingerprint density at radius 2 is 1.00 bits per heavy atom. The van der Waals surface area contributed by atoms with E-state index in [1.165, 1.54) is 26.9 Å². The minimum Gasteiger partial charge on any atom is -0.309 e. The highest BCUT2D eigenvalue weighted by atomic mass is 79.9. The summed E-state index contributed by atoms with van der Waals surface area (Å²) in [4.78, 5) is 0. The van der Waals surface area contributed by atoms with Crippen molar-refractivity contribution >= 4 is 71.3 Å². The van der Waals surface area contributed by atoms with E-state index < -0.39 is 7.14 Å². The van der Waals surface area contributed by atoms with Crippen LogP contribution in [0.3, 0.4) is 0 Å². The molecule has 0 saturated carbocycles. The molecule has 6 aromatic rings. The third-order valence-electron chi connectivity index (χ3n) is 6.17. The first kappa shape index (κ1) is 18.8. The number of hydrogen-bond acceptors (Lipinski definition) is 1. The van der Waals surface area contributed by atoms with Gasteiger partial charge >= 0.3 is 0 Å². The zero-order valence-corrected chi connectivity index (χ0v) is 19.1. The highest BCUT2D eigenvalue weighted by Gasteiger charge is 2.31. The monoisotopic (exact) mass is 480 g/mol. The molecule has 0 aromatic heterocycles. The topological polar surface area (TPSA) is 17.1 Å². The Labute approximate surface area is 189 Å². The molecule has 6 aromatic carbocycles. The van der Waals surface area contributed by atoms with Crippen LogP contribution >= 0.6 is 23.1 Å². The molecule has 1 nitrogen and oxygen atoms in total. The van der Waals surface area contributed by atoms with Crippen LogP contribution < -0.4 is 15.9 Å². The summed E-state index contributed by atoms with van der Waals surface area (Å²) in [5.74, 6) is 0. The van der Waals surface area contributed by atoms with E-state index in [1.807, 2.05) is 60.7 Å². The molecule has 0 N–H and O–H groups in total. The van der Waals surface area contributed by atoms with Crippen molar-refractivity contribution in [2.45, 2.75) is 0 Å². The van der Waals surface area contributed by atoms with Crippen molar-refractivity contribution in [2.24, 2.45) is 0 Å². The van der Waals surface area contributed by atoms with Crippen molar-refractivity contribution in [3.05, 3.63) is 114 Å². The summed E-state index contributed by atoms with van der Waals surface area (Å²) < 4.78 is 16.1. The van der Waals surface area contributed by atoms with Gasteiger partial charge in [-0.3, -0.25) is 0 Å². The average Bonchev–Trinajstić information content (AvgIpc) is 2.84. The maximum atomic E-state index is 15.0. The lowest BCUT2D eigenvalue weighted by Crippen LogP contribution is -2.25. The van der Waals surface area contributed by atoms with Gasteiger partial charge in [0.05, 0.1) is 0 Å². The molecular formula is C28H18BrOP. The molecule has 0 unspecified atom stereocenters. The Hall–Kier alpha value is -2.93. The number of rotatable bonds is 3. The minimum absolute atomic E-state index is 0.859. The van der Waals surface area contributed by atoms with Gasteiger partial charge in [0.15, 0.2) is 7.14 Å². The van der Waals surface area contributed by atoms with Gasteiger partial charge < -0.3 is 4.57 Å². The fourth-order valence-electron chi connectivity index (χ4n) is 4.73. The fourth-order valence-corrected chi connectivity index (χ4v) is 8.04. The molecule has 0 fully saturated rings. The lowest BCUT2D eigenvalue weighted by atomic mass is 9.94. The molecule has 0 atom stereocenters. The van der Waals surface area contributed by atoms with Crippen molar-refractivity contribution in [1.29, 1.82) is 0 Å². The molecule has 0 aliphatic rings. The number of hydrogen-bond donors (Lipinski definition) is 0. The predicted molar refractivity (Wildman–Crippen MR) is 137 cm³/mol. The quantitative estimate of drug-likeness (QED) is 0.197. The van der Waals surface area contributed by atoms with E-state index in [2.05, 4.69) is 64.5 Å². The summed E-state index contributed by atoms with van der Waals surface area (Å²) >= 11 is 3.72. The summed E-state index contributed by atoms with van der Waals surface area (Å²) in [6.07, 6.45) is 0. The van der Waals surface area contributed by atoms with Crippen molar-refractivity contribution in [1.82, 2.24) is 0 Å². The molecule has 0 spiro atoms. The first-order chi connectivity index (χ1) is 15.2. The van der Waals surface area contributed by atoms with Crippen LogP contribution in [0.1, 0.15) is 0 Å². The molecule has 0 saturated heterocycles. The zero-order valence-electron chi connectivity index (χ0n) is 16.6. The summed E-state index contributed by atoms with van der Waals surface area (Å²) in [7, 11) is -3.06. The smallest absolute Gasteiger partial charge is 0.171 e. The summed E-state index contributed by atoms with van der Waals surface area (Å²) in [6.45, 7) is 0. The van der Waals surface area contributed by atoms with Gasteiger partial charge in [-0.2, -0.15) is 0 Å². The van der Waals surface area contributed by atoms with E-state index in [4.69, 9.17) is 0 Å². The van der Waals surface area contributed by atoms with Gasteiger partial charge in [-0.15, -0.1) is 0 Å². The van der Waals surface area contributed by atoms with Gasteiger partial charge in [-0.25, -0.2) is 0 Å². The number of benzene rings is 6. The molecule has 0 bridgehead atoms. The van der Waals surface area contributed by atoms with Crippen LogP contribution in [-0.4, -0.2) is 0 Å². The lowest BCUT2D eigenvalue weighted by Gasteiger charge is -2.23. The molecule has 0 amide bonds. The third kappa shape index (κ3) is 2.72. The van der Waals surface area contributed by atoms with E-state index in [1.54, 1.807) is 0 Å². The second-order valence-corrected chi connectivity index (χ2v) is 11.4. The highest BCUT2D eigenvalue weighted by molar-refractivity contribution is 9.10. The number of halogens is 1. The van der Waals surface area contributed by atoms with Crippen LogP contribution in [0.4, 0.5) is 0 Å². The van der Waals surface area contributed by atoms with E-state index in [0.717, 1.165) is 25.8 Å². The van der Waals surface area contributed by atoms with Crippen molar-refractivity contribution in [3.63, 3.8) is 0 Å². The van der Waals surface area contributed by atoms with Gasteiger partial charge in [0.2, 0.25) is 0 Å². The molecule has 148 valence electrons. The Morgan fingerprint density at radius 3 is 1.61 bits per heavy atom. The van der Waals surface area contributed by atoms with Crippen LogP contribution in [0.2, 0.25) is 0 Å². The molecule has 0 aliphatic heterocycles. The van der Waals surface area contributed by atoms with Crippen LogP contribution in [0, 0.1) is 0 Å². The van der Waals surface area contributed by atoms with Gasteiger partial charge in [0.25, 0.3) is 0 Å². The molecule has 0 heterocycles. The Bertz CT molecular complexity index is 1560. The first-order valence-corrected chi connectivity index (χ1v) is 12.8. The van der Waals surface area contributed by atoms with E-state index in [9.17, 15) is 0 Å². The molecule has 31 heavy (non-hydrogen) atoms. The normalized spacial score (nSPS) is 12.2. The largest absolute Gasteiger partial charge is 0.309 e. The summed E-state index contributed by atoms with van der Waals surface area (Å²) in [5.41, 5.74) is 0. The van der Waals surface area contributed by atoms with E-state index in [-0.39, 0.29) is 0 Å². The van der Waals surface area contributed by atoms with Gasteiger partial charge in [0.1, 0.15) is 0 Å². The van der Waals surface area contributed by atoms with Gasteiger partial charge in [-0.05, 0) is 44.5 Å². The molecular weight excluding hydrogens is 463 g/mol. The Morgan fingerprint density at radius 1 is 0.516 bits per heavy atom. The SMILES string of the molecule is O=P(c1ccccc1)(c1ccccc1)c1ccc2ccc3c(Br)ccc4ccc1c2c43. The highest BCUT2D eigenvalue weighted by Crippen LogP contribution is 2.46. The molecule has 0 aliphatic carbocycles. The second-order valence-electron chi connectivity index (χ2n) is 7.83. The molecule has 0 radical (unpaired) electrons. The lowest BCUT2D eigenvalue weighted by molar-refractivity contribution is 0.592. The van der Waals surface area contributed by atoms with Crippen LogP contribution in [0.25, 0.3) is 32.3 Å². The van der Waals surface area contributed by atoms with Gasteiger partial charge in [0, 0.05) is 20.4 Å². The fraction of sp³-hybridized carbons (Fsp3) is 0. The van der Waals surface area contributed by atoms with Crippen LogP contribution in [0.15, 0.2) is 114 Å². The van der Waals surface area contributed by atoms with Gasteiger partial charge in [-0.1, -0.05) is 113 Å². The van der Waals surface area contributed by atoms with Crippen molar-refractivity contribution < 1.29 is 4.57 Å². The predicted octanol–water partition coefficient (Wildman–Crippen LogP) is 6.99. The van der Waals surface area contributed by atoms with Crippen molar-refractivity contribution in [2.75, 3.05) is 0 Å². The summed E-state index contributed by atoms with van der Waals surface area (Å²) in [5, 5.41) is 9.62. The molecule has 6 rings (SSSR count).